The molecule has 2 saturated heterocycles. The number of carbonyl (C=O) groups is 2. The van der Waals surface area contributed by atoms with Gasteiger partial charge in [-0.05, 0) is 69.9 Å². The molecule has 0 aromatic heterocycles. The highest BCUT2D eigenvalue weighted by atomic mass is 35.5. The van der Waals surface area contributed by atoms with Crippen LogP contribution in [0, 0.1) is 12.8 Å². The van der Waals surface area contributed by atoms with Crippen molar-refractivity contribution in [3.8, 4) is 0 Å². The van der Waals surface area contributed by atoms with Crippen LogP contribution in [0.5, 0.6) is 0 Å². The normalized spacial score (nSPS) is 23.6. The van der Waals surface area contributed by atoms with Crippen LogP contribution in [0.4, 0.5) is 0 Å². The van der Waals surface area contributed by atoms with Crippen LogP contribution in [0.1, 0.15) is 38.2 Å². The smallest absolute Gasteiger partial charge is 0.233 e. The van der Waals surface area contributed by atoms with Crippen molar-refractivity contribution in [2.24, 2.45) is 5.92 Å². The van der Waals surface area contributed by atoms with E-state index in [0.717, 1.165) is 4.90 Å². The van der Waals surface area contributed by atoms with Crippen LogP contribution in [0.2, 0.25) is 5.02 Å². The maximum absolute atomic E-state index is 14.0. The third kappa shape index (κ3) is 3.95. The molecule has 2 aliphatic rings. The zero-order chi connectivity index (χ0) is 21.2. The summed E-state index contributed by atoms with van der Waals surface area (Å²) < 4.78 is 27.9. The number of imide groups is 1. The molecule has 1 aromatic rings. The first-order valence-corrected chi connectivity index (χ1v) is 11.8. The summed E-state index contributed by atoms with van der Waals surface area (Å²) >= 11 is 6.20. The van der Waals surface area contributed by atoms with Crippen molar-refractivity contribution in [3.05, 3.63) is 28.8 Å². The van der Waals surface area contributed by atoms with Crippen molar-refractivity contribution in [2.75, 3.05) is 26.2 Å². The fraction of sp³-hybridized carbons (Fsp3) is 0.600. The maximum atomic E-state index is 14.0. The molecule has 0 aliphatic carbocycles. The van der Waals surface area contributed by atoms with Gasteiger partial charge in [0.25, 0.3) is 0 Å². The van der Waals surface area contributed by atoms with E-state index in [1.54, 1.807) is 19.1 Å². The lowest BCUT2D eigenvalue weighted by atomic mass is 9.94. The first kappa shape index (κ1) is 22.2. The number of hydrogen-bond acceptors (Lipinski definition) is 6. The molecule has 2 fully saturated rings. The largest absolute Gasteiger partial charge is 0.317 e. The molecule has 0 bridgehead atoms. The summed E-state index contributed by atoms with van der Waals surface area (Å²) in [5, 5.41) is 6.64. The Morgan fingerprint density at radius 1 is 1.17 bits per heavy atom. The van der Waals surface area contributed by atoms with Gasteiger partial charge in [0.2, 0.25) is 21.7 Å². The van der Waals surface area contributed by atoms with Gasteiger partial charge in [-0.25, -0.2) is 8.42 Å². The van der Waals surface area contributed by atoms with Gasteiger partial charge >= 0.3 is 0 Å². The van der Waals surface area contributed by atoms with Crippen molar-refractivity contribution in [2.45, 2.75) is 49.3 Å². The van der Waals surface area contributed by atoms with Crippen LogP contribution in [-0.2, 0) is 19.4 Å². The second-order valence-electron chi connectivity index (χ2n) is 7.81. The minimum absolute atomic E-state index is 0.0115. The van der Waals surface area contributed by atoms with Gasteiger partial charge in [-0.1, -0.05) is 17.7 Å². The molecule has 3 rings (SSSR count). The van der Waals surface area contributed by atoms with E-state index in [1.807, 2.05) is 0 Å². The Kier molecular flexibility index (Phi) is 6.67. The molecule has 0 radical (unpaired) electrons. The van der Waals surface area contributed by atoms with Crippen molar-refractivity contribution >= 4 is 33.3 Å². The highest BCUT2D eigenvalue weighted by molar-refractivity contribution is 7.93. The van der Waals surface area contributed by atoms with E-state index in [2.05, 4.69) is 10.6 Å². The average Bonchev–Trinajstić information content (AvgIpc) is 2.71. The number of hydrogen-bond donors (Lipinski definition) is 2. The van der Waals surface area contributed by atoms with Gasteiger partial charge in [0, 0.05) is 24.4 Å². The van der Waals surface area contributed by atoms with Gasteiger partial charge in [-0.15, -0.1) is 0 Å². The highest BCUT2D eigenvalue weighted by Gasteiger charge is 2.55. The molecule has 2 N–H and O–H groups in total. The SMILES string of the molecule is CC(=O)N(C(=O)C1CCNCC1)[C@]1(S(=O)(=O)c2cccc(Cl)c2C)CCCNC1. The molecule has 0 unspecified atom stereocenters. The third-order valence-corrected chi connectivity index (χ3v) is 8.92. The lowest BCUT2D eigenvalue weighted by Gasteiger charge is -2.45. The minimum atomic E-state index is -4.08. The Labute approximate surface area is 177 Å². The Balaban J connectivity index is 2.14. The standard InChI is InChI=1S/C20H28ClN3O4S/c1-14-17(21)5-3-6-18(14)29(27,28)20(9-4-10-23-13-20)24(15(2)25)19(26)16-7-11-22-12-8-16/h3,5-6,16,22-23H,4,7-13H2,1-2H3/t20-/m0/s1. The van der Waals surface area contributed by atoms with Gasteiger partial charge in [-0.2, -0.15) is 0 Å². The Hall–Kier alpha value is -1.48. The molecule has 9 heteroatoms. The van der Waals surface area contributed by atoms with Gasteiger partial charge in [0.1, 0.15) is 0 Å². The van der Waals surface area contributed by atoms with Crippen LogP contribution >= 0.6 is 11.6 Å². The molecule has 29 heavy (non-hydrogen) atoms. The van der Waals surface area contributed by atoms with Crippen LogP contribution in [0.3, 0.4) is 0 Å². The summed E-state index contributed by atoms with van der Waals surface area (Å²) in [5.74, 6) is -1.30. The van der Waals surface area contributed by atoms with Crippen molar-refractivity contribution in [3.63, 3.8) is 0 Å². The second kappa shape index (κ2) is 8.71. The number of benzene rings is 1. The molecule has 2 heterocycles. The molecular formula is C20H28ClN3O4S. The van der Waals surface area contributed by atoms with E-state index in [1.165, 1.54) is 13.0 Å². The number of piperidine rings is 2. The summed E-state index contributed by atoms with van der Waals surface area (Å²) in [6, 6.07) is 4.71. The Morgan fingerprint density at radius 2 is 1.86 bits per heavy atom. The predicted molar refractivity (Wildman–Crippen MR) is 111 cm³/mol. The number of nitrogens with zero attached hydrogens (tertiary/aromatic N) is 1. The number of nitrogens with one attached hydrogen (secondary N) is 2. The molecule has 0 saturated carbocycles. The van der Waals surface area contributed by atoms with E-state index >= 15 is 0 Å². The molecule has 160 valence electrons. The zero-order valence-corrected chi connectivity index (χ0v) is 18.4. The quantitative estimate of drug-likeness (QED) is 0.740. The molecule has 1 aromatic carbocycles. The minimum Gasteiger partial charge on any atom is -0.317 e. The Bertz CT molecular complexity index is 891. The van der Waals surface area contributed by atoms with Crippen LogP contribution in [0.15, 0.2) is 23.1 Å². The number of amides is 2. The molecule has 2 aliphatic heterocycles. The number of carbonyl (C=O) groups excluding carboxylic acids is 2. The summed E-state index contributed by atoms with van der Waals surface area (Å²) in [7, 11) is -4.08. The van der Waals surface area contributed by atoms with Gasteiger partial charge in [-0.3, -0.25) is 14.5 Å². The first-order valence-electron chi connectivity index (χ1n) is 9.98. The first-order chi connectivity index (χ1) is 13.7. The summed E-state index contributed by atoms with van der Waals surface area (Å²) in [6.45, 7) is 4.92. The van der Waals surface area contributed by atoms with E-state index in [4.69, 9.17) is 11.6 Å². The number of sulfone groups is 1. The van der Waals surface area contributed by atoms with Crippen molar-refractivity contribution < 1.29 is 18.0 Å². The van der Waals surface area contributed by atoms with Gasteiger partial charge in [0.15, 0.2) is 4.87 Å². The van der Waals surface area contributed by atoms with E-state index in [0.29, 0.717) is 49.5 Å². The summed E-state index contributed by atoms with van der Waals surface area (Å²) in [4.78, 5) is 25.6. The maximum Gasteiger partial charge on any atom is 0.233 e. The van der Waals surface area contributed by atoms with E-state index < -0.39 is 26.5 Å². The van der Waals surface area contributed by atoms with Crippen molar-refractivity contribution in [1.82, 2.24) is 15.5 Å². The highest BCUT2D eigenvalue weighted by Crippen LogP contribution is 2.39. The topological polar surface area (TPSA) is 95.6 Å². The lowest BCUT2D eigenvalue weighted by Crippen LogP contribution is -2.66. The van der Waals surface area contributed by atoms with Gasteiger partial charge < -0.3 is 10.6 Å². The summed E-state index contributed by atoms with van der Waals surface area (Å²) in [5.41, 5.74) is 0.428. The zero-order valence-electron chi connectivity index (χ0n) is 16.8. The molecule has 1 atom stereocenters. The predicted octanol–water partition coefficient (Wildman–Crippen LogP) is 1.88. The van der Waals surface area contributed by atoms with Crippen LogP contribution in [0.25, 0.3) is 0 Å². The van der Waals surface area contributed by atoms with E-state index in [-0.39, 0.29) is 23.8 Å². The number of halogens is 1. The van der Waals surface area contributed by atoms with Crippen LogP contribution in [-0.4, -0.2) is 56.2 Å². The van der Waals surface area contributed by atoms with Crippen molar-refractivity contribution in [1.29, 1.82) is 0 Å². The lowest BCUT2D eigenvalue weighted by molar-refractivity contribution is -0.152. The average molecular weight is 442 g/mol. The van der Waals surface area contributed by atoms with Crippen LogP contribution < -0.4 is 10.6 Å². The monoisotopic (exact) mass is 441 g/mol. The molecular weight excluding hydrogens is 414 g/mol. The fourth-order valence-electron chi connectivity index (χ4n) is 4.38. The Morgan fingerprint density at radius 3 is 2.45 bits per heavy atom. The fourth-order valence-corrected chi connectivity index (χ4v) is 6.95. The molecule has 2 amide bonds. The summed E-state index contributed by atoms with van der Waals surface area (Å²) in [6.07, 6.45) is 1.91. The van der Waals surface area contributed by atoms with E-state index in [9.17, 15) is 18.0 Å². The molecule has 7 nitrogen and oxygen atoms in total. The third-order valence-electron chi connectivity index (χ3n) is 5.96. The number of rotatable bonds is 4. The van der Waals surface area contributed by atoms with Gasteiger partial charge in [0.05, 0.1) is 4.90 Å². The second-order valence-corrected chi connectivity index (χ2v) is 10.4. The molecule has 0 spiro atoms.